The third-order valence-electron chi connectivity index (χ3n) is 5.09. The average Bonchev–Trinajstić information content (AvgIpc) is 3.45. The molecule has 0 saturated carbocycles. The number of hydrogen-bond acceptors (Lipinski definition) is 5. The molecular formula is C23H20N4OS2. The van der Waals surface area contributed by atoms with Crippen LogP contribution in [0, 0.1) is 13.8 Å². The topological polar surface area (TPSA) is 52.2 Å². The first kappa shape index (κ1) is 19.1. The molecule has 150 valence electrons. The highest BCUT2D eigenvalue weighted by Crippen LogP contribution is 2.36. The van der Waals surface area contributed by atoms with Gasteiger partial charge in [0.25, 0.3) is 5.91 Å². The lowest BCUT2D eigenvalue weighted by Gasteiger charge is -2.12. The molecule has 0 N–H and O–H groups in total. The number of nitrogens with zero attached hydrogens (tertiary/aromatic N) is 4. The Morgan fingerprint density at radius 3 is 2.60 bits per heavy atom. The van der Waals surface area contributed by atoms with E-state index >= 15 is 0 Å². The van der Waals surface area contributed by atoms with Gasteiger partial charge in [0.1, 0.15) is 5.69 Å². The molecule has 0 fully saturated rings. The lowest BCUT2D eigenvalue weighted by atomic mass is 10.2. The van der Waals surface area contributed by atoms with Crippen LogP contribution < -0.4 is 0 Å². The standard InChI is InChI=1S/C23H20N4OS2/c1-15-8-9-16(2)26(15)20-10-11-29-23(20)19-13-21-24-17(12-22(28)27(21)25-19)14-30-18-6-4-3-5-7-18/h3-11,13H,12,14H2,1-2H3. The van der Waals surface area contributed by atoms with Gasteiger partial charge in [0.2, 0.25) is 0 Å². The van der Waals surface area contributed by atoms with Gasteiger partial charge >= 0.3 is 0 Å². The van der Waals surface area contributed by atoms with Crippen LogP contribution in [0.15, 0.2) is 69.9 Å². The van der Waals surface area contributed by atoms with E-state index in [1.54, 1.807) is 23.1 Å². The number of hydrogen-bond donors (Lipinski definition) is 0. The van der Waals surface area contributed by atoms with Gasteiger partial charge in [-0.2, -0.15) is 9.78 Å². The largest absolute Gasteiger partial charge is 0.317 e. The fourth-order valence-corrected chi connectivity index (χ4v) is 5.36. The number of carbonyl (C=O) groups excluding carboxylic acids is 1. The van der Waals surface area contributed by atoms with Crippen molar-refractivity contribution in [3.05, 3.63) is 71.4 Å². The Bertz CT molecular complexity index is 1240. The molecule has 4 aromatic rings. The van der Waals surface area contributed by atoms with Crippen LogP contribution in [0.4, 0.5) is 5.82 Å². The van der Waals surface area contributed by atoms with E-state index < -0.39 is 0 Å². The highest BCUT2D eigenvalue weighted by molar-refractivity contribution is 8.00. The van der Waals surface area contributed by atoms with E-state index in [1.165, 1.54) is 21.0 Å². The van der Waals surface area contributed by atoms with Crippen molar-refractivity contribution in [1.82, 2.24) is 14.3 Å². The molecule has 3 aromatic heterocycles. The smallest absolute Gasteiger partial charge is 0.254 e. The molecule has 0 saturated heterocycles. The number of carbonyl (C=O) groups is 1. The van der Waals surface area contributed by atoms with Crippen LogP contribution in [0.3, 0.4) is 0 Å². The number of aromatic nitrogens is 3. The van der Waals surface area contributed by atoms with Gasteiger partial charge in [-0.15, -0.1) is 23.1 Å². The molecule has 0 atom stereocenters. The number of benzene rings is 1. The molecule has 0 radical (unpaired) electrons. The zero-order valence-corrected chi connectivity index (χ0v) is 18.3. The molecule has 4 heterocycles. The minimum Gasteiger partial charge on any atom is -0.317 e. The van der Waals surface area contributed by atoms with E-state index in [2.05, 4.69) is 59.2 Å². The first-order chi connectivity index (χ1) is 14.6. The van der Waals surface area contributed by atoms with Crippen molar-refractivity contribution in [3.63, 3.8) is 0 Å². The fourth-order valence-electron chi connectivity index (χ4n) is 3.68. The van der Waals surface area contributed by atoms with Crippen LogP contribution in [0.5, 0.6) is 0 Å². The summed E-state index contributed by atoms with van der Waals surface area (Å²) in [7, 11) is 0. The Hall–Kier alpha value is -2.90. The fraction of sp³-hybridized carbons (Fsp3) is 0.174. The minimum absolute atomic E-state index is 0.0265. The number of fused-ring (bicyclic) bond motifs is 1. The summed E-state index contributed by atoms with van der Waals surface area (Å²) in [6.07, 6.45) is 0.307. The van der Waals surface area contributed by atoms with Gasteiger partial charge in [-0.25, -0.2) is 4.99 Å². The number of aliphatic imine (C=N–C) groups is 1. The van der Waals surface area contributed by atoms with Crippen molar-refractivity contribution >= 4 is 40.5 Å². The summed E-state index contributed by atoms with van der Waals surface area (Å²) in [5.74, 6) is 1.29. The van der Waals surface area contributed by atoms with E-state index in [9.17, 15) is 4.79 Å². The Labute approximate surface area is 183 Å². The maximum atomic E-state index is 12.7. The summed E-state index contributed by atoms with van der Waals surface area (Å²) in [4.78, 5) is 19.7. The number of thioether (sulfide) groups is 1. The highest BCUT2D eigenvalue weighted by atomic mass is 32.2. The third kappa shape index (κ3) is 3.44. The van der Waals surface area contributed by atoms with Crippen molar-refractivity contribution in [2.24, 2.45) is 4.99 Å². The molecule has 5 nitrogen and oxygen atoms in total. The minimum atomic E-state index is -0.0265. The molecule has 5 rings (SSSR count). The van der Waals surface area contributed by atoms with Crippen LogP contribution in [0.1, 0.15) is 22.6 Å². The van der Waals surface area contributed by atoms with E-state index in [1.807, 2.05) is 24.3 Å². The normalized spacial score (nSPS) is 13.4. The molecular weight excluding hydrogens is 412 g/mol. The van der Waals surface area contributed by atoms with E-state index in [0.29, 0.717) is 18.0 Å². The Morgan fingerprint density at radius 1 is 1.07 bits per heavy atom. The Kier molecular flexibility index (Phi) is 4.92. The molecule has 0 amide bonds. The van der Waals surface area contributed by atoms with E-state index in [-0.39, 0.29) is 5.91 Å². The Morgan fingerprint density at radius 2 is 1.83 bits per heavy atom. The van der Waals surface area contributed by atoms with Gasteiger partial charge in [0.15, 0.2) is 5.82 Å². The Balaban J connectivity index is 1.46. The molecule has 0 unspecified atom stereocenters. The second-order valence-corrected chi connectivity index (χ2v) is 9.20. The van der Waals surface area contributed by atoms with E-state index in [0.717, 1.165) is 22.0 Å². The molecule has 1 aliphatic rings. The van der Waals surface area contributed by atoms with Gasteiger partial charge < -0.3 is 4.57 Å². The summed E-state index contributed by atoms with van der Waals surface area (Å²) < 4.78 is 3.67. The molecule has 1 aromatic carbocycles. The zero-order valence-electron chi connectivity index (χ0n) is 16.7. The van der Waals surface area contributed by atoms with Crippen LogP contribution in [0.2, 0.25) is 0 Å². The van der Waals surface area contributed by atoms with Gasteiger partial charge in [0, 0.05) is 33.8 Å². The first-order valence-corrected chi connectivity index (χ1v) is 11.6. The molecule has 0 aliphatic carbocycles. The molecule has 30 heavy (non-hydrogen) atoms. The van der Waals surface area contributed by atoms with Crippen LogP contribution in [-0.4, -0.2) is 31.7 Å². The lowest BCUT2D eigenvalue weighted by molar-refractivity contribution is 0.0906. The maximum Gasteiger partial charge on any atom is 0.254 e. The van der Waals surface area contributed by atoms with Crippen LogP contribution in [-0.2, 0) is 0 Å². The predicted molar refractivity (Wildman–Crippen MR) is 124 cm³/mol. The highest BCUT2D eigenvalue weighted by Gasteiger charge is 2.24. The molecule has 0 spiro atoms. The first-order valence-electron chi connectivity index (χ1n) is 9.71. The number of rotatable bonds is 5. The summed E-state index contributed by atoms with van der Waals surface area (Å²) in [5, 5.41) is 6.67. The van der Waals surface area contributed by atoms with Gasteiger partial charge in [0.05, 0.1) is 17.0 Å². The average molecular weight is 433 g/mol. The number of aryl methyl sites for hydroxylation is 2. The zero-order chi connectivity index (χ0) is 20.7. The molecule has 1 aliphatic heterocycles. The summed E-state index contributed by atoms with van der Waals surface area (Å²) in [6, 6.07) is 18.4. The van der Waals surface area contributed by atoms with Crippen LogP contribution >= 0.6 is 23.1 Å². The monoisotopic (exact) mass is 432 g/mol. The van der Waals surface area contributed by atoms with Crippen molar-refractivity contribution in [2.45, 2.75) is 25.2 Å². The van der Waals surface area contributed by atoms with Crippen molar-refractivity contribution in [3.8, 4) is 16.3 Å². The van der Waals surface area contributed by atoms with Crippen molar-refractivity contribution in [2.75, 3.05) is 5.75 Å². The SMILES string of the molecule is Cc1ccc(C)n1-c1ccsc1-c1cc2n(n1)C(=O)CC(CSc1ccccc1)=N2. The lowest BCUT2D eigenvalue weighted by Crippen LogP contribution is -2.22. The van der Waals surface area contributed by atoms with Gasteiger partial charge in [-0.3, -0.25) is 4.79 Å². The predicted octanol–water partition coefficient (Wildman–Crippen LogP) is 5.93. The second-order valence-electron chi connectivity index (χ2n) is 7.24. The van der Waals surface area contributed by atoms with Crippen molar-refractivity contribution < 1.29 is 4.79 Å². The van der Waals surface area contributed by atoms with Crippen molar-refractivity contribution in [1.29, 1.82) is 0 Å². The quantitative estimate of drug-likeness (QED) is 0.367. The maximum absolute atomic E-state index is 12.7. The van der Waals surface area contributed by atoms with Crippen LogP contribution in [0.25, 0.3) is 16.3 Å². The summed E-state index contributed by atoms with van der Waals surface area (Å²) in [6.45, 7) is 4.19. The third-order valence-corrected chi connectivity index (χ3v) is 7.10. The number of thiophene rings is 1. The summed E-state index contributed by atoms with van der Waals surface area (Å²) in [5.41, 5.74) is 5.11. The molecule has 0 bridgehead atoms. The van der Waals surface area contributed by atoms with E-state index in [4.69, 9.17) is 4.99 Å². The second kappa shape index (κ2) is 7.74. The van der Waals surface area contributed by atoms with Gasteiger partial charge in [-0.1, -0.05) is 18.2 Å². The molecule has 7 heteroatoms. The summed E-state index contributed by atoms with van der Waals surface area (Å²) >= 11 is 3.33. The van der Waals surface area contributed by atoms with Gasteiger partial charge in [-0.05, 0) is 49.6 Å².